The van der Waals surface area contributed by atoms with Crippen LogP contribution in [0.2, 0.25) is 0 Å². The number of furan rings is 1. The average Bonchev–Trinajstić information content (AvgIpc) is 3.66. The van der Waals surface area contributed by atoms with E-state index in [1.54, 1.807) is 13.2 Å². The minimum Gasteiger partial charge on any atom is -0.509 e. The topological polar surface area (TPSA) is 42.6 Å². The first-order valence-electron chi connectivity index (χ1n) is 22.6. The fraction of sp³-hybridized carbons (Fsp3) is 0.300. The molecule has 0 unspecified atom stereocenters. The van der Waals surface area contributed by atoms with E-state index >= 15 is 0 Å². The quantitative estimate of drug-likeness (QED) is 0.122. The van der Waals surface area contributed by atoms with Crippen LogP contribution in [0.4, 0.5) is 0 Å². The lowest BCUT2D eigenvalue weighted by Crippen LogP contribution is -2.29. The largest absolute Gasteiger partial charge is 0.509 e. The highest BCUT2D eigenvalue weighted by Gasteiger charge is 2.20. The van der Waals surface area contributed by atoms with Crippen LogP contribution in [0.3, 0.4) is 0 Å². The van der Waals surface area contributed by atoms with Crippen molar-refractivity contribution in [3.8, 4) is 0 Å². The molecule has 3 heteroatoms. The van der Waals surface area contributed by atoms with E-state index in [0.29, 0.717) is 5.92 Å². The van der Waals surface area contributed by atoms with Gasteiger partial charge in [-0.05, 0) is 132 Å². The van der Waals surface area contributed by atoms with Gasteiger partial charge in [-0.25, -0.2) is 0 Å². The summed E-state index contributed by atoms with van der Waals surface area (Å²) in [5, 5.41) is 15.4. The van der Waals surface area contributed by atoms with Gasteiger partial charge >= 0.3 is 0 Å². The summed E-state index contributed by atoms with van der Waals surface area (Å²) in [6.07, 6.45) is 7.76. The normalized spacial score (nSPS) is 11.4. The highest BCUT2D eigenvalue weighted by molar-refractivity contribution is 6.19. The van der Waals surface area contributed by atoms with E-state index in [-0.39, 0.29) is 11.4 Å². The Balaban J connectivity index is 0.000000519. The van der Waals surface area contributed by atoms with Crippen LogP contribution in [0.15, 0.2) is 169 Å². The Hall–Kier alpha value is -5.90. The van der Waals surface area contributed by atoms with Crippen molar-refractivity contribution in [3.63, 3.8) is 0 Å². The Morgan fingerprint density at radius 1 is 0.667 bits per heavy atom. The van der Waals surface area contributed by atoms with E-state index in [1.807, 2.05) is 34.6 Å². The average molecular weight is 845 g/mol. The van der Waals surface area contributed by atoms with Gasteiger partial charge in [0, 0.05) is 17.9 Å². The van der Waals surface area contributed by atoms with Crippen molar-refractivity contribution in [2.24, 2.45) is 11.8 Å². The van der Waals surface area contributed by atoms with Gasteiger partial charge in [-0.2, -0.15) is 0 Å². The molecule has 0 aliphatic carbocycles. The van der Waals surface area contributed by atoms with Crippen LogP contribution in [0, 0.1) is 18.8 Å². The number of ether oxygens (including phenoxy) is 1. The van der Waals surface area contributed by atoms with Crippen molar-refractivity contribution in [2.75, 3.05) is 7.11 Å². The second-order valence-electron chi connectivity index (χ2n) is 16.5. The molecule has 0 bridgehead atoms. The molecule has 1 heterocycles. The van der Waals surface area contributed by atoms with Gasteiger partial charge in [0.2, 0.25) is 0 Å². The molecule has 334 valence electrons. The fourth-order valence-electron chi connectivity index (χ4n) is 6.27. The van der Waals surface area contributed by atoms with Crippen molar-refractivity contribution < 1.29 is 14.3 Å². The Morgan fingerprint density at radius 2 is 1.19 bits per heavy atom. The van der Waals surface area contributed by atoms with E-state index in [1.165, 1.54) is 44.3 Å². The first kappa shape index (κ1) is 53.2. The van der Waals surface area contributed by atoms with Gasteiger partial charge in [-0.15, -0.1) is 0 Å². The van der Waals surface area contributed by atoms with E-state index in [9.17, 15) is 0 Å². The molecule has 1 N–H and O–H groups in total. The van der Waals surface area contributed by atoms with Crippen LogP contribution in [-0.2, 0) is 4.74 Å². The maximum atomic E-state index is 8.27. The third-order valence-corrected chi connectivity index (χ3v) is 10.3. The molecule has 7 rings (SSSR count). The third-order valence-electron chi connectivity index (χ3n) is 10.3. The predicted molar refractivity (Wildman–Crippen MR) is 283 cm³/mol. The standard InChI is InChI=1S/C40H30O.C7H16O.C5H8O.C4H10.2C2H6/c1-26-15-17-29(18-16-26)27(2)23-33(24-28(3)34-14-8-11-30-9-4-6-12-35(30)34)32-20-21-38-37(25-32)40-36-13-7-5-10-31(36)19-22-39(40)41-38;1-6(2)7(3,4)8-5;1-3-4-5(2)6;1-4(2)3;2*1-2/h4-25H,3H2,1-2H3;6H,1-5H3;3-4,6H,2H2,1H3;4H,1-3H3;2*1-2H3/b27-23+,33-24+;;4-3-;;;. The SMILES string of the molecule is C=C(/C=C(\C=C(/C)c1ccc(C)cc1)c1ccc2oc3ccc4ccccc4c3c2c1)c1cccc2ccccc12.C=C(O)/C=C\C.CC.CC.CC(C)C.COC(C)(C)C(C)C. The van der Waals surface area contributed by atoms with Crippen LogP contribution in [0.25, 0.3) is 60.2 Å². The maximum absolute atomic E-state index is 8.27. The Kier molecular flexibility index (Phi) is 22.4. The molecule has 7 aromatic rings. The number of allylic oxidation sites excluding steroid dienone is 7. The lowest BCUT2D eigenvalue weighted by molar-refractivity contribution is -0.0157. The number of hydrogen-bond donors (Lipinski definition) is 1. The van der Waals surface area contributed by atoms with Crippen LogP contribution in [0.5, 0.6) is 0 Å². The van der Waals surface area contributed by atoms with Gasteiger partial charge in [0.1, 0.15) is 16.9 Å². The molecule has 0 aliphatic heterocycles. The third kappa shape index (κ3) is 15.8. The lowest BCUT2D eigenvalue weighted by Gasteiger charge is -2.26. The molecule has 0 spiro atoms. The number of aliphatic hydroxyl groups excluding tert-OH is 1. The molecule has 0 saturated carbocycles. The van der Waals surface area contributed by atoms with Crippen molar-refractivity contribution in [3.05, 3.63) is 187 Å². The fourth-order valence-corrected chi connectivity index (χ4v) is 6.27. The second kappa shape index (κ2) is 26.5. The minimum absolute atomic E-state index is 0.0417. The van der Waals surface area contributed by atoms with Gasteiger partial charge in [0.05, 0.1) is 5.60 Å². The molecule has 0 saturated heterocycles. The van der Waals surface area contributed by atoms with Crippen molar-refractivity contribution >= 4 is 60.2 Å². The monoisotopic (exact) mass is 845 g/mol. The first-order chi connectivity index (χ1) is 30.1. The molecular weight excluding hydrogens is 769 g/mol. The minimum atomic E-state index is 0.0417. The van der Waals surface area contributed by atoms with Crippen LogP contribution in [-0.4, -0.2) is 17.8 Å². The number of methoxy groups -OCH3 is 1. The zero-order valence-corrected chi connectivity index (χ0v) is 41.2. The number of hydrogen-bond acceptors (Lipinski definition) is 3. The smallest absolute Gasteiger partial charge is 0.136 e. The zero-order valence-electron chi connectivity index (χ0n) is 41.2. The van der Waals surface area contributed by atoms with E-state index in [0.717, 1.165) is 50.1 Å². The molecule has 0 aliphatic rings. The molecule has 0 atom stereocenters. The van der Waals surface area contributed by atoms with E-state index < -0.39 is 0 Å². The van der Waals surface area contributed by atoms with Gasteiger partial charge in [-0.1, -0.05) is 196 Å². The summed E-state index contributed by atoms with van der Waals surface area (Å²) in [5.74, 6) is 1.53. The van der Waals surface area contributed by atoms with Crippen LogP contribution < -0.4 is 0 Å². The van der Waals surface area contributed by atoms with Gasteiger partial charge in [0.25, 0.3) is 0 Å². The van der Waals surface area contributed by atoms with Crippen LogP contribution in [0.1, 0.15) is 112 Å². The highest BCUT2D eigenvalue weighted by atomic mass is 16.5. The molecule has 63 heavy (non-hydrogen) atoms. The summed E-state index contributed by atoms with van der Waals surface area (Å²) in [6.45, 7) is 36.9. The van der Waals surface area contributed by atoms with E-state index in [4.69, 9.17) is 14.3 Å². The summed E-state index contributed by atoms with van der Waals surface area (Å²) in [7, 11) is 1.75. The van der Waals surface area contributed by atoms with E-state index in [2.05, 4.69) is 209 Å². The molecule has 0 fully saturated rings. The first-order valence-corrected chi connectivity index (χ1v) is 22.6. The molecular formula is C60H76O3. The summed E-state index contributed by atoms with van der Waals surface area (Å²) < 4.78 is 11.5. The predicted octanol–water partition coefficient (Wildman–Crippen LogP) is 18.8. The second-order valence-corrected chi connectivity index (χ2v) is 16.5. The molecule has 1 aromatic heterocycles. The number of aryl methyl sites for hydroxylation is 1. The summed E-state index contributed by atoms with van der Waals surface area (Å²) >= 11 is 0. The lowest BCUT2D eigenvalue weighted by atomic mass is 9.93. The molecule has 0 radical (unpaired) electrons. The summed E-state index contributed by atoms with van der Waals surface area (Å²) in [6, 6.07) is 42.9. The molecule has 3 nitrogen and oxygen atoms in total. The number of rotatable bonds is 8. The number of aliphatic hydroxyl groups is 1. The number of benzene rings is 6. The number of fused-ring (bicyclic) bond motifs is 6. The van der Waals surface area contributed by atoms with Gasteiger partial charge < -0.3 is 14.3 Å². The van der Waals surface area contributed by atoms with Gasteiger partial charge in [0.15, 0.2) is 0 Å². The Bertz CT molecular complexity index is 2580. The van der Waals surface area contributed by atoms with Crippen molar-refractivity contribution in [1.82, 2.24) is 0 Å². The van der Waals surface area contributed by atoms with Crippen molar-refractivity contribution in [1.29, 1.82) is 0 Å². The molecule has 6 aromatic carbocycles. The van der Waals surface area contributed by atoms with Gasteiger partial charge in [-0.3, -0.25) is 0 Å². The summed E-state index contributed by atoms with van der Waals surface area (Å²) in [5.41, 5.74) is 9.86. The molecule has 0 amide bonds. The Labute approximate surface area is 381 Å². The van der Waals surface area contributed by atoms with Crippen molar-refractivity contribution in [2.45, 2.75) is 103 Å². The van der Waals surface area contributed by atoms with Crippen LogP contribution >= 0.6 is 0 Å². The highest BCUT2D eigenvalue weighted by Crippen LogP contribution is 2.37. The Morgan fingerprint density at radius 3 is 1.71 bits per heavy atom. The maximum Gasteiger partial charge on any atom is 0.136 e. The zero-order chi connectivity index (χ0) is 47.3. The summed E-state index contributed by atoms with van der Waals surface area (Å²) in [4.78, 5) is 0.